The minimum Gasteiger partial charge on any atom is -0.479 e. The Morgan fingerprint density at radius 2 is 2.00 bits per heavy atom. The Balaban J connectivity index is 3.71. The standard InChI is InChI=1S/C7H14FNO2/c1-3-9(4-2)5-6(8)7(10)11/h6H,3-5H2,1-2H3,(H,10,11)/t6-/m0/s1. The Morgan fingerprint density at radius 1 is 1.55 bits per heavy atom. The van der Waals surface area contributed by atoms with Crippen LogP contribution in [0, 0.1) is 0 Å². The van der Waals surface area contributed by atoms with Crippen LogP contribution in [-0.2, 0) is 4.79 Å². The molecule has 4 heteroatoms. The quantitative estimate of drug-likeness (QED) is 0.650. The average molecular weight is 163 g/mol. The molecule has 11 heavy (non-hydrogen) atoms. The van der Waals surface area contributed by atoms with E-state index < -0.39 is 12.1 Å². The monoisotopic (exact) mass is 163 g/mol. The number of halogens is 1. The van der Waals surface area contributed by atoms with Crippen LogP contribution in [0.3, 0.4) is 0 Å². The lowest BCUT2D eigenvalue weighted by molar-refractivity contribution is -0.143. The topological polar surface area (TPSA) is 40.5 Å². The number of nitrogens with zero attached hydrogens (tertiary/aromatic N) is 1. The van der Waals surface area contributed by atoms with Crippen LogP contribution in [0.15, 0.2) is 0 Å². The van der Waals surface area contributed by atoms with Gasteiger partial charge in [-0.15, -0.1) is 0 Å². The van der Waals surface area contributed by atoms with Crippen LogP contribution < -0.4 is 0 Å². The lowest BCUT2D eigenvalue weighted by Gasteiger charge is -2.17. The molecule has 0 aliphatic rings. The van der Waals surface area contributed by atoms with Crippen molar-refractivity contribution < 1.29 is 14.3 Å². The van der Waals surface area contributed by atoms with Crippen molar-refractivity contribution in [3.8, 4) is 0 Å². The van der Waals surface area contributed by atoms with E-state index in [-0.39, 0.29) is 6.54 Å². The number of alkyl halides is 1. The first-order valence-electron chi connectivity index (χ1n) is 3.71. The third-order valence-corrected chi connectivity index (χ3v) is 1.58. The molecule has 1 atom stereocenters. The molecule has 0 aliphatic heterocycles. The zero-order valence-electron chi connectivity index (χ0n) is 6.88. The van der Waals surface area contributed by atoms with Gasteiger partial charge in [0.05, 0.1) is 0 Å². The fourth-order valence-electron chi connectivity index (χ4n) is 0.787. The highest BCUT2D eigenvalue weighted by Gasteiger charge is 2.17. The van der Waals surface area contributed by atoms with Crippen molar-refractivity contribution in [1.82, 2.24) is 4.90 Å². The average Bonchev–Trinajstić information content (AvgIpc) is 1.99. The maximum absolute atomic E-state index is 12.5. The first kappa shape index (κ1) is 10.4. The van der Waals surface area contributed by atoms with Crippen molar-refractivity contribution in [3.63, 3.8) is 0 Å². The van der Waals surface area contributed by atoms with Crippen molar-refractivity contribution in [2.24, 2.45) is 0 Å². The van der Waals surface area contributed by atoms with E-state index in [2.05, 4.69) is 0 Å². The van der Waals surface area contributed by atoms with Crippen LogP contribution in [0.5, 0.6) is 0 Å². The molecule has 0 fully saturated rings. The molecular formula is C7H14FNO2. The molecule has 0 aromatic heterocycles. The molecule has 0 amide bonds. The number of aliphatic carboxylic acids is 1. The largest absolute Gasteiger partial charge is 0.479 e. The van der Waals surface area contributed by atoms with Gasteiger partial charge in [-0.3, -0.25) is 0 Å². The Bertz CT molecular complexity index is 126. The SMILES string of the molecule is CCN(CC)C[C@H](F)C(=O)O. The highest BCUT2D eigenvalue weighted by Crippen LogP contribution is 1.96. The molecule has 0 rings (SSSR count). The number of carboxylic acids is 1. The summed E-state index contributed by atoms with van der Waals surface area (Å²) in [4.78, 5) is 11.8. The Labute approximate surface area is 65.8 Å². The van der Waals surface area contributed by atoms with Crippen LogP contribution in [-0.4, -0.2) is 41.8 Å². The third-order valence-electron chi connectivity index (χ3n) is 1.58. The molecule has 0 aromatic rings. The molecule has 0 aliphatic carbocycles. The Morgan fingerprint density at radius 3 is 2.27 bits per heavy atom. The highest BCUT2D eigenvalue weighted by molar-refractivity contribution is 5.72. The fraction of sp³-hybridized carbons (Fsp3) is 0.857. The zero-order valence-corrected chi connectivity index (χ0v) is 6.88. The molecule has 0 aromatic carbocycles. The first-order valence-corrected chi connectivity index (χ1v) is 3.71. The molecule has 0 unspecified atom stereocenters. The molecule has 0 saturated carbocycles. The maximum Gasteiger partial charge on any atom is 0.339 e. The van der Waals surface area contributed by atoms with Gasteiger partial charge in [0.2, 0.25) is 6.17 Å². The third kappa shape index (κ3) is 3.93. The van der Waals surface area contributed by atoms with Crippen molar-refractivity contribution in [2.45, 2.75) is 20.0 Å². The smallest absolute Gasteiger partial charge is 0.339 e. The lowest BCUT2D eigenvalue weighted by Crippen LogP contribution is -2.34. The van der Waals surface area contributed by atoms with E-state index in [1.807, 2.05) is 13.8 Å². The van der Waals surface area contributed by atoms with Crippen LogP contribution >= 0.6 is 0 Å². The second-order valence-corrected chi connectivity index (χ2v) is 2.29. The van der Waals surface area contributed by atoms with Crippen molar-refractivity contribution in [1.29, 1.82) is 0 Å². The zero-order chi connectivity index (χ0) is 8.85. The summed E-state index contributed by atoms with van der Waals surface area (Å²) in [5.41, 5.74) is 0. The minimum atomic E-state index is -1.75. The summed E-state index contributed by atoms with van der Waals surface area (Å²) in [6.07, 6.45) is -1.75. The van der Waals surface area contributed by atoms with E-state index in [4.69, 9.17) is 5.11 Å². The predicted octanol–water partition coefficient (Wildman–Crippen LogP) is 0.751. The summed E-state index contributed by atoms with van der Waals surface area (Å²) in [6.45, 7) is 5.10. The number of carbonyl (C=O) groups is 1. The molecule has 0 radical (unpaired) electrons. The Kier molecular flexibility index (Phi) is 4.77. The van der Waals surface area contributed by atoms with E-state index in [0.717, 1.165) is 0 Å². The van der Waals surface area contributed by atoms with Crippen molar-refractivity contribution in [3.05, 3.63) is 0 Å². The number of rotatable bonds is 5. The van der Waals surface area contributed by atoms with Gasteiger partial charge in [0.1, 0.15) is 0 Å². The summed E-state index contributed by atoms with van der Waals surface area (Å²) >= 11 is 0. The van der Waals surface area contributed by atoms with Crippen LogP contribution in [0.2, 0.25) is 0 Å². The molecule has 0 heterocycles. The summed E-state index contributed by atoms with van der Waals surface area (Å²) in [5, 5.41) is 8.22. The second-order valence-electron chi connectivity index (χ2n) is 2.29. The van der Waals surface area contributed by atoms with Gasteiger partial charge in [0.25, 0.3) is 0 Å². The maximum atomic E-state index is 12.5. The van der Waals surface area contributed by atoms with E-state index in [1.165, 1.54) is 0 Å². The van der Waals surface area contributed by atoms with Crippen LogP contribution in [0.25, 0.3) is 0 Å². The van der Waals surface area contributed by atoms with Crippen LogP contribution in [0.1, 0.15) is 13.8 Å². The van der Waals surface area contributed by atoms with Gasteiger partial charge in [-0.1, -0.05) is 13.8 Å². The fourth-order valence-corrected chi connectivity index (χ4v) is 0.787. The molecule has 0 bridgehead atoms. The normalized spacial score (nSPS) is 13.5. The van der Waals surface area contributed by atoms with E-state index in [1.54, 1.807) is 4.90 Å². The lowest BCUT2D eigenvalue weighted by atomic mass is 10.3. The summed E-state index contributed by atoms with van der Waals surface area (Å²) in [5.74, 6) is -1.38. The van der Waals surface area contributed by atoms with Crippen molar-refractivity contribution in [2.75, 3.05) is 19.6 Å². The molecule has 3 nitrogen and oxygen atoms in total. The molecule has 0 spiro atoms. The first-order chi connectivity index (χ1) is 5.11. The van der Waals surface area contributed by atoms with Gasteiger partial charge < -0.3 is 10.0 Å². The number of hydrogen-bond acceptors (Lipinski definition) is 2. The highest BCUT2D eigenvalue weighted by atomic mass is 19.1. The van der Waals surface area contributed by atoms with Gasteiger partial charge in [0, 0.05) is 6.54 Å². The van der Waals surface area contributed by atoms with E-state index >= 15 is 0 Å². The van der Waals surface area contributed by atoms with Crippen molar-refractivity contribution >= 4 is 5.97 Å². The summed E-state index contributed by atoms with van der Waals surface area (Å²) < 4.78 is 12.5. The number of carboxylic acid groups (broad SMARTS) is 1. The molecule has 0 saturated heterocycles. The Hall–Kier alpha value is -0.640. The molecule has 1 N–H and O–H groups in total. The van der Waals surface area contributed by atoms with E-state index in [0.29, 0.717) is 13.1 Å². The second kappa shape index (κ2) is 5.07. The van der Waals surface area contributed by atoms with Crippen LogP contribution in [0.4, 0.5) is 4.39 Å². The molecule has 66 valence electrons. The van der Waals surface area contributed by atoms with Gasteiger partial charge in [-0.25, -0.2) is 9.18 Å². The minimum absolute atomic E-state index is 0.0116. The van der Waals surface area contributed by atoms with Gasteiger partial charge in [-0.05, 0) is 13.1 Å². The van der Waals surface area contributed by atoms with Gasteiger partial charge in [-0.2, -0.15) is 0 Å². The van der Waals surface area contributed by atoms with Gasteiger partial charge in [0.15, 0.2) is 0 Å². The van der Waals surface area contributed by atoms with E-state index in [9.17, 15) is 9.18 Å². The summed E-state index contributed by atoms with van der Waals surface area (Å²) in [6, 6.07) is 0. The predicted molar refractivity (Wildman–Crippen MR) is 40.3 cm³/mol. The molecular weight excluding hydrogens is 149 g/mol. The van der Waals surface area contributed by atoms with Gasteiger partial charge >= 0.3 is 5.97 Å². The number of hydrogen-bond donors (Lipinski definition) is 1. The summed E-state index contributed by atoms with van der Waals surface area (Å²) in [7, 11) is 0.